The SMILES string of the molecule is CN1CCN(S(=O)(=O)N2CCN(C(=O)COc3ccccc3C#N)CC2)CC1. The smallest absolute Gasteiger partial charge is 0.282 e. The summed E-state index contributed by atoms with van der Waals surface area (Å²) in [5, 5.41) is 9.07. The van der Waals surface area contributed by atoms with Gasteiger partial charge in [0.2, 0.25) is 0 Å². The van der Waals surface area contributed by atoms with Gasteiger partial charge in [0.05, 0.1) is 5.56 Å². The van der Waals surface area contributed by atoms with Crippen LogP contribution in [0.1, 0.15) is 5.56 Å². The van der Waals surface area contributed by atoms with Crippen LogP contribution in [0.25, 0.3) is 0 Å². The van der Waals surface area contributed by atoms with E-state index in [1.807, 2.05) is 13.1 Å². The molecule has 0 bridgehead atoms. The number of carbonyl (C=O) groups excluding carboxylic acids is 1. The molecule has 152 valence electrons. The van der Waals surface area contributed by atoms with Crippen molar-refractivity contribution in [1.82, 2.24) is 18.4 Å². The van der Waals surface area contributed by atoms with E-state index in [0.29, 0.717) is 37.5 Å². The molecule has 2 aliphatic heterocycles. The van der Waals surface area contributed by atoms with Crippen LogP contribution in [0.3, 0.4) is 0 Å². The van der Waals surface area contributed by atoms with E-state index in [1.165, 1.54) is 8.61 Å². The quantitative estimate of drug-likeness (QED) is 0.657. The molecule has 0 saturated carbocycles. The van der Waals surface area contributed by atoms with Gasteiger partial charge in [0.1, 0.15) is 11.8 Å². The molecule has 0 atom stereocenters. The molecule has 1 aromatic carbocycles. The number of nitrogens with zero attached hydrogens (tertiary/aromatic N) is 5. The summed E-state index contributed by atoms with van der Waals surface area (Å²) >= 11 is 0. The molecular weight excluding hydrogens is 382 g/mol. The minimum absolute atomic E-state index is 0.177. The molecule has 1 amide bonds. The predicted octanol–water partition coefficient (Wildman–Crippen LogP) is -0.427. The summed E-state index contributed by atoms with van der Waals surface area (Å²) < 4.78 is 34.0. The number of piperazine rings is 2. The molecule has 1 aromatic rings. The minimum Gasteiger partial charge on any atom is -0.482 e. The van der Waals surface area contributed by atoms with Crippen LogP contribution in [0.2, 0.25) is 0 Å². The first-order chi connectivity index (χ1) is 13.4. The van der Waals surface area contributed by atoms with Gasteiger partial charge in [-0.2, -0.15) is 22.3 Å². The molecule has 3 rings (SSSR count). The summed E-state index contributed by atoms with van der Waals surface area (Å²) in [5.74, 6) is 0.152. The third-order valence-electron chi connectivity index (χ3n) is 5.06. The molecule has 0 N–H and O–H groups in total. The fraction of sp³-hybridized carbons (Fsp3) is 0.556. The first-order valence-electron chi connectivity index (χ1n) is 9.25. The lowest BCUT2D eigenvalue weighted by Crippen LogP contribution is -2.57. The van der Waals surface area contributed by atoms with Crippen molar-refractivity contribution in [2.45, 2.75) is 0 Å². The van der Waals surface area contributed by atoms with Crippen molar-refractivity contribution in [3.63, 3.8) is 0 Å². The minimum atomic E-state index is -3.49. The monoisotopic (exact) mass is 407 g/mol. The number of para-hydroxylation sites is 1. The van der Waals surface area contributed by atoms with E-state index >= 15 is 0 Å². The van der Waals surface area contributed by atoms with Gasteiger partial charge in [-0.25, -0.2) is 0 Å². The standard InChI is InChI=1S/C18H25N5O4S/c1-20-6-10-22(11-7-20)28(25,26)23-12-8-21(9-13-23)18(24)15-27-17-5-3-2-4-16(17)14-19/h2-5H,6-13,15H2,1H3. The summed E-state index contributed by atoms with van der Waals surface area (Å²) in [5.41, 5.74) is 0.374. The van der Waals surface area contributed by atoms with Gasteiger partial charge in [-0.1, -0.05) is 12.1 Å². The number of ether oxygens (including phenoxy) is 1. The van der Waals surface area contributed by atoms with E-state index in [1.54, 1.807) is 29.2 Å². The number of benzene rings is 1. The fourth-order valence-corrected chi connectivity index (χ4v) is 4.84. The highest BCUT2D eigenvalue weighted by Crippen LogP contribution is 2.17. The summed E-state index contributed by atoms with van der Waals surface area (Å²) in [6.45, 7) is 3.45. The Labute approximate surface area is 165 Å². The maximum absolute atomic E-state index is 12.8. The number of hydrogen-bond acceptors (Lipinski definition) is 6. The van der Waals surface area contributed by atoms with Crippen molar-refractivity contribution in [3.8, 4) is 11.8 Å². The van der Waals surface area contributed by atoms with Crippen molar-refractivity contribution in [3.05, 3.63) is 29.8 Å². The van der Waals surface area contributed by atoms with Gasteiger partial charge in [0.25, 0.3) is 16.1 Å². The summed E-state index contributed by atoms with van der Waals surface area (Å²) in [4.78, 5) is 16.1. The Hall–Kier alpha value is -2.19. The van der Waals surface area contributed by atoms with Crippen LogP contribution in [0.5, 0.6) is 5.75 Å². The van der Waals surface area contributed by atoms with Gasteiger partial charge in [0, 0.05) is 52.4 Å². The van der Waals surface area contributed by atoms with Crippen LogP contribution >= 0.6 is 0 Å². The van der Waals surface area contributed by atoms with E-state index < -0.39 is 10.2 Å². The van der Waals surface area contributed by atoms with Gasteiger partial charge in [-0.05, 0) is 19.2 Å². The van der Waals surface area contributed by atoms with Gasteiger partial charge in [0.15, 0.2) is 6.61 Å². The predicted molar refractivity (Wildman–Crippen MR) is 103 cm³/mol. The van der Waals surface area contributed by atoms with Crippen LogP contribution in [0, 0.1) is 11.3 Å². The molecule has 28 heavy (non-hydrogen) atoms. The molecule has 9 nitrogen and oxygen atoms in total. The van der Waals surface area contributed by atoms with E-state index in [4.69, 9.17) is 10.00 Å². The third kappa shape index (κ3) is 4.62. The highest BCUT2D eigenvalue weighted by molar-refractivity contribution is 7.86. The summed E-state index contributed by atoms with van der Waals surface area (Å²) in [7, 11) is -1.51. The van der Waals surface area contributed by atoms with E-state index in [9.17, 15) is 13.2 Å². The molecular formula is C18H25N5O4S. The topological polar surface area (TPSA) is 97.2 Å². The van der Waals surface area contributed by atoms with Gasteiger partial charge in [-0.3, -0.25) is 4.79 Å². The first-order valence-corrected chi connectivity index (χ1v) is 10.6. The Balaban J connectivity index is 1.50. The van der Waals surface area contributed by atoms with E-state index in [-0.39, 0.29) is 25.6 Å². The second kappa shape index (κ2) is 8.87. The highest BCUT2D eigenvalue weighted by atomic mass is 32.2. The van der Waals surface area contributed by atoms with Crippen molar-refractivity contribution in [2.24, 2.45) is 0 Å². The Morgan fingerprint density at radius 2 is 1.61 bits per heavy atom. The maximum atomic E-state index is 12.8. The van der Waals surface area contributed by atoms with Crippen molar-refractivity contribution in [1.29, 1.82) is 5.26 Å². The zero-order valence-corrected chi connectivity index (χ0v) is 16.8. The molecule has 0 aliphatic carbocycles. The van der Waals surface area contributed by atoms with Gasteiger partial charge >= 0.3 is 0 Å². The number of hydrogen-bond donors (Lipinski definition) is 0. The van der Waals surface area contributed by atoms with Gasteiger partial charge < -0.3 is 14.5 Å². The normalized spacial score (nSPS) is 19.9. The summed E-state index contributed by atoms with van der Waals surface area (Å²) in [6, 6.07) is 8.76. The van der Waals surface area contributed by atoms with Crippen LogP contribution in [-0.2, 0) is 15.0 Å². The Morgan fingerprint density at radius 1 is 1.04 bits per heavy atom. The van der Waals surface area contributed by atoms with Crippen LogP contribution in [0.15, 0.2) is 24.3 Å². The average Bonchev–Trinajstić information content (AvgIpc) is 2.72. The molecule has 10 heteroatoms. The van der Waals surface area contributed by atoms with Crippen LogP contribution < -0.4 is 4.74 Å². The lowest BCUT2D eigenvalue weighted by molar-refractivity contribution is -0.134. The molecule has 0 unspecified atom stereocenters. The average molecular weight is 407 g/mol. The molecule has 2 fully saturated rings. The summed E-state index contributed by atoms with van der Waals surface area (Å²) in [6.07, 6.45) is 0. The van der Waals surface area contributed by atoms with Crippen molar-refractivity contribution < 1.29 is 17.9 Å². The zero-order valence-electron chi connectivity index (χ0n) is 16.0. The number of nitriles is 1. The second-order valence-electron chi connectivity index (χ2n) is 6.89. The first kappa shape index (κ1) is 20.5. The third-order valence-corrected chi connectivity index (χ3v) is 7.10. The molecule has 2 heterocycles. The number of rotatable bonds is 5. The van der Waals surface area contributed by atoms with Crippen molar-refractivity contribution >= 4 is 16.1 Å². The van der Waals surface area contributed by atoms with E-state index in [2.05, 4.69) is 4.90 Å². The van der Waals surface area contributed by atoms with Crippen LogP contribution in [-0.4, -0.2) is 98.7 Å². The largest absolute Gasteiger partial charge is 0.482 e. The van der Waals surface area contributed by atoms with E-state index in [0.717, 1.165) is 13.1 Å². The molecule has 2 aliphatic rings. The second-order valence-corrected chi connectivity index (χ2v) is 8.82. The number of carbonyl (C=O) groups is 1. The lowest BCUT2D eigenvalue weighted by Gasteiger charge is -2.39. The van der Waals surface area contributed by atoms with Gasteiger partial charge in [-0.15, -0.1) is 0 Å². The molecule has 0 aromatic heterocycles. The number of likely N-dealkylation sites (N-methyl/N-ethyl adjacent to an activating group) is 1. The Bertz CT molecular complexity index is 838. The molecule has 0 spiro atoms. The molecule has 0 radical (unpaired) electrons. The fourth-order valence-electron chi connectivity index (χ4n) is 3.27. The highest BCUT2D eigenvalue weighted by Gasteiger charge is 2.34. The number of amides is 1. The lowest BCUT2D eigenvalue weighted by atomic mass is 10.2. The van der Waals surface area contributed by atoms with Crippen molar-refractivity contribution in [2.75, 3.05) is 66.0 Å². The zero-order chi connectivity index (χ0) is 20.1. The Kier molecular flexibility index (Phi) is 6.51. The van der Waals surface area contributed by atoms with Crippen LogP contribution in [0.4, 0.5) is 0 Å². The molecule has 2 saturated heterocycles. The maximum Gasteiger partial charge on any atom is 0.282 e. The Morgan fingerprint density at radius 3 is 2.21 bits per heavy atom.